The fraction of sp³-hybridized carbons (Fsp3) is 0.227. The van der Waals surface area contributed by atoms with Crippen molar-refractivity contribution in [2.24, 2.45) is 5.73 Å². The van der Waals surface area contributed by atoms with Gasteiger partial charge in [-0.05, 0) is 51.1 Å². The summed E-state index contributed by atoms with van der Waals surface area (Å²) >= 11 is 0. The average Bonchev–Trinajstić information content (AvgIpc) is 2.70. The molecule has 0 saturated heterocycles. The molecule has 0 heterocycles. The number of hydrogen-bond acceptors (Lipinski definition) is 5. The van der Waals surface area contributed by atoms with Crippen molar-refractivity contribution in [3.8, 4) is 11.8 Å². The summed E-state index contributed by atoms with van der Waals surface area (Å²) in [6.45, 7) is 6.20. The van der Waals surface area contributed by atoms with E-state index in [-0.39, 0.29) is 11.6 Å². The zero-order valence-corrected chi connectivity index (χ0v) is 16.7. The number of ether oxygens (including phenoxy) is 1. The number of nitrogens with two attached hydrogens (primary N) is 1. The van der Waals surface area contributed by atoms with Crippen LogP contribution < -0.4 is 21.1 Å². The number of aryl methyl sites for hydroxylation is 1. The fourth-order valence-electron chi connectivity index (χ4n) is 2.68. The van der Waals surface area contributed by atoms with Gasteiger partial charge in [-0.1, -0.05) is 17.7 Å². The maximum absolute atomic E-state index is 12.5. The molecule has 0 aromatic heterocycles. The van der Waals surface area contributed by atoms with Gasteiger partial charge in [0.25, 0.3) is 5.91 Å². The summed E-state index contributed by atoms with van der Waals surface area (Å²) in [5.74, 6) is -0.341. The van der Waals surface area contributed by atoms with Gasteiger partial charge in [0.15, 0.2) is 0 Å². The first-order valence-electron chi connectivity index (χ1n) is 9.16. The molecule has 29 heavy (non-hydrogen) atoms. The van der Waals surface area contributed by atoms with Crippen molar-refractivity contribution in [1.29, 1.82) is 5.26 Å². The molecule has 0 spiro atoms. The molecule has 0 aliphatic rings. The summed E-state index contributed by atoms with van der Waals surface area (Å²) < 4.78 is 5.64. The molecule has 2 rings (SSSR count). The topological polar surface area (TPSA) is 117 Å². The van der Waals surface area contributed by atoms with Gasteiger partial charge < -0.3 is 21.1 Å². The highest BCUT2D eigenvalue weighted by Gasteiger charge is 2.17. The highest BCUT2D eigenvalue weighted by molar-refractivity contribution is 5.98. The first-order chi connectivity index (χ1) is 13.8. The number of anilines is 1. The third-order valence-electron chi connectivity index (χ3n) is 4.20. The first-order valence-corrected chi connectivity index (χ1v) is 9.16. The van der Waals surface area contributed by atoms with Crippen molar-refractivity contribution in [1.82, 2.24) is 5.32 Å². The molecule has 2 amide bonds. The molecule has 150 valence electrons. The van der Waals surface area contributed by atoms with E-state index < -0.39 is 11.8 Å². The Kier molecular flexibility index (Phi) is 7.38. The summed E-state index contributed by atoms with van der Waals surface area (Å²) in [5.41, 5.74) is 7.99. The number of nitriles is 1. The van der Waals surface area contributed by atoms with E-state index in [9.17, 15) is 14.9 Å². The third-order valence-corrected chi connectivity index (χ3v) is 4.20. The number of carbonyl (C=O) groups excluding carboxylic acids is 2. The second-order valence-corrected chi connectivity index (χ2v) is 6.43. The lowest BCUT2D eigenvalue weighted by Gasteiger charge is -2.18. The summed E-state index contributed by atoms with van der Waals surface area (Å²) in [7, 11) is 0. The molecule has 1 atom stereocenters. The molecule has 2 aromatic carbocycles. The molecule has 0 radical (unpaired) electrons. The van der Waals surface area contributed by atoms with Crippen molar-refractivity contribution in [3.63, 3.8) is 0 Å². The maximum Gasteiger partial charge on any atom is 0.263 e. The normalized spacial score (nSPS) is 11.9. The quantitative estimate of drug-likeness (QED) is 0.471. The van der Waals surface area contributed by atoms with Crippen LogP contribution in [0.2, 0.25) is 0 Å². The Bertz CT molecular complexity index is 959. The lowest BCUT2D eigenvalue weighted by molar-refractivity contribution is -0.117. The van der Waals surface area contributed by atoms with Crippen molar-refractivity contribution in [2.75, 3.05) is 11.9 Å². The van der Waals surface area contributed by atoms with Crippen LogP contribution in [0.5, 0.6) is 5.75 Å². The second-order valence-electron chi connectivity index (χ2n) is 6.43. The van der Waals surface area contributed by atoms with E-state index >= 15 is 0 Å². The molecule has 0 fully saturated rings. The van der Waals surface area contributed by atoms with Crippen LogP contribution in [0.1, 0.15) is 41.4 Å². The summed E-state index contributed by atoms with van der Waals surface area (Å²) in [5, 5.41) is 15.0. The highest BCUT2D eigenvalue weighted by Crippen LogP contribution is 2.26. The molecule has 0 aliphatic carbocycles. The Morgan fingerprint density at radius 3 is 2.52 bits per heavy atom. The van der Waals surface area contributed by atoms with Crippen LogP contribution in [0.3, 0.4) is 0 Å². The van der Waals surface area contributed by atoms with Gasteiger partial charge in [-0.3, -0.25) is 9.59 Å². The van der Waals surface area contributed by atoms with Gasteiger partial charge in [0, 0.05) is 23.0 Å². The van der Waals surface area contributed by atoms with Crippen LogP contribution in [-0.2, 0) is 4.79 Å². The van der Waals surface area contributed by atoms with Gasteiger partial charge in [-0.2, -0.15) is 5.26 Å². The predicted octanol–water partition coefficient (Wildman–Crippen LogP) is 3.19. The van der Waals surface area contributed by atoms with Crippen molar-refractivity contribution < 1.29 is 14.3 Å². The number of rotatable bonds is 8. The van der Waals surface area contributed by atoms with Crippen LogP contribution in [0, 0.1) is 18.3 Å². The second kappa shape index (κ2) is 9.95. The molecule has 7 nitrogen and oxygen atoms in total. The van der Waals surface area contributed by atoms with Gasteiger partial charge in [-0.15, -0.1) is 0 Å². The van der Waals surface area contributed by atoms with Crippen molar-refractivity contribution in [2.45, 2.75) is 26.8 Å². The molecule has 1 unspecified atom stereocenters. The standard InChI is InChI=1S/C22H24N4O3/c1-4-29-20-10-5-14(2)11-19(20)15(3)26-22(28)17(12-23)13-25-18-8-6-16(7-9-18)21(24)27/h5-11,13,15,25H,4H2,1-3H3,(H2,24,27)(H,26,28)/b17-13-. The van der Waals surface area contributed by atoms with E-state index in [1.54, 1.807) is 24.3 Å². The smallest absolute Gasteiger partial charge is 0.263 e. The first kappa shape index (κ1) is 21.5. The van der Waals surface area contributed by atoms with Gasteiger partial charge in [0.2, 0.25) is 5.91 Å². The number of carbonyl (C=O) groups is 2. The van der Waals surface area contributed by atoms with Gasteiger partial charge in [-0.25, -0.2) is 0 Å². The Labute approximate surface area is 170 Å². The largest absolute Gasteiger partial charge is 0.494 e. The number of benzene rings is 2. The minimum atomic E-state index is -0.527. The summed E-state index contributed by atoms with van der Waals surface area (Å²) in [6, 6.07) is 13.7. The number of primary amides is 1. The average molecular weight is 392 g/mol. The van der Waals surface area contributed by atoms with Crippen LogP contribution in [0.4, 0.5) is 5.69 Å². The molecule has 7 heteroatoms. The van der Waals surface area contributed by atoms with E-state index in [4.69, 9.17) is 10.5 Å². The van der Waals surface area contributed by atoms with E-state index in [2.05, 4.69) is 10.6 Å². The third kappa shape index (κ3) is 5.84. The van der Waals surface area contributed by atoms with Crippen LogP contribution >= 0.6 is 0 Å². The Balaban J connectivity index is 2.11. The molecule has 4 N–H and O–H groups in total. The zero-order chi connectivity index (χ0) is 21.4. The molecule has 0 aliphatic heterocycles. The summed E-state index contributed by atoms with van der Waals surface area (Å²) in [6.07, 6.45) is 1.32. The monoisotopic (exact) mass is 392 g/mol. The number of hydrogen-bond donors (Lipinski definition) is 3. The van der Waals surface area contributed by atoms with Gasteiger partial charge >= 0.3 is 0 Å². The SMILES string of the molecule is CCOc1ccc(C)cc1C(C)NC(=O)/C(C#N)=C\Nc1ccc(C(N)=O)cc1. The highest BCUT2D eigenvalue weighted by atomic mass is 16.5. The predicted molar refractivity (Wildman–Crippen MR) is 111 cm³/mol. The molecular weight excluding hydrogens is 368 g/mol. The van der Waals surface area contributed by atoms with Gasteiger partial charge in [0.1, 0.15) is 17.4 Å². The Hall–Kier alpha value is -3.79. The van der Waals surface area contributed by atoms with Crippen molar-refractivity contribution >= 4 is 17.5 Å². The molecule has 0 saturated carbocycles. The number of nitrogens with zero attached hydrogens (tertiary/aromatic N) is 1. The van der Waals surface area contributed by atoms with Crippen LogP contribution in [-0.4, -0.2) is 18.4 Å². The fourth-order valence-corrected chi connectivity index (χ4v) is 2.68. The van der Waals surface area contributed by atoms with Crippen molar-refractivity contribution in [3.05, 3.63) is 70.9 Å². The Morgan fingerprint density at radius 2 is 1.93 bits per heavy atom. The Morgan fingerprint density at radius 1 is 1.24 bits per heavy atom. The van der Waals surface area contributed by atoms with E-state index in [0.29, 0.717) is 23.6 Å². The zero-order valence-electron chi connectivity index (χ0n) is 16.7. The molecular formula is C22H24N4O3. The van der Waals surface area contributed by atoms with Crippen LogP contribution in [0.25, 0.3) is 0 Å². The van der Waals surface area contributed by atoms with E-state index in [0.717, 1.165) is 11.1 Å². The van der Waals surface area contributed by atoms with Gasteiger partial charge in [0.05, 0.1) is 12.6 Å². The minimum absolute atomic E-state index is 0.0820. The maximum atomic E-state index is 12.5. The minimum Gasteiger partial charge on any atom is -0.494 e. The summed E-state index contributed by atoms with van der Waals surface area (Å²) in [4.78, 5) is 23.6. The number of amides is 2. The van der Waals surface area contributed by atoms with Crippen LogP contribution in [0.15, 0.2) is 54.2 Å². The molecule has 2 aromatic rings. The molecule has 0 bridgehead atoms. The van der Waals surface area contributed by atoms with E-state index in [1.165, 1.54) is 6.20 Å². The lowest BCUT2D eigenvalue weighted by Crippen LogP contribution is -2.28. The lowest BCUT2D eigenvalue weighted by atomic mass is 10.0. The van der Waals surface area contributed by atoms with E-state index in [1.807, 2.05) is 45.0 Å². The number of nitrogens with one attached hydrogen (secondary N) is 2.